The molecule has 2 heteroatoms. The molecule has 1 aliphatic carbocycles. The third-order valence-electron chi connectivity index (χ3n) is 4.28. The summed E-state index contributed by atoms with van der Waals surface area (Å²) in [6.45, 7) is 2.61. The van der Waals surface area contributed by atoms with Crippen LogP contribution in [0.1, 0.15) is 38.2 Å². The van der Waals surface area contributed by atoms with E-state index in [2.05, 4.69) is 6.92 Å². The van der Waals surface area contributed by atoms with E-state index >= 15 is 0 Å². The first-order chi connectivity index (χ1) is 8.16. The molecule has 1 unspecified atom stereocenters. The molecule has 3 N–H and O–H groups in total. The maximum absolute atomic E-state index is 10.9. The van der Waals surface area contributed by atoms with Gasteiger partial charge in [0.1, 0.15) is 5.60 Å². The summed E-state index contributed by atoms with van der Waals surface area (Å²) in [5, 5.41) is 10.9. The molecule has 0 amide bonds. The van der Waals surface area contributed by atoms with Crippen molar-refractivity contribution in [3.8, 4) is 0 Å². The minimum absolute atomic E-state index is 0.311. The average molecular weight is 233 g/mol. The Hall–Kier alpha value is -0.860. The van der Waals surface area contributed by atoms with Gasteiger partial charge in [0.05, 0.1) is 0 Å². The molecule has 1 aromatic rings. The molecular formula is C15H23NO. The van der Waals surface area contributed by atoms with Crippen LogP contribution in [-0.2, 0) is 5.60 Å². The first-order valence-corrected chi connectivity index (χ1v) is 6.65. The fourth-order valence-corrected chi connectivity index (χ4v) is 2.98. The van der Waals surface area contributed by atoms with E-state index in [1.54, 1.807) is 0 Å². The van der Waals surface area contributed by atoms with Crippen molar-refractivity contribution >= 4 is 0 Å². The lowest BCUT2D eigenvalue weighted by Gasteiger charge is -2.39. The molecular weight excluding hydrogens is 210 g/mol. The Morgan fingerprint density at radius 3 is 2.29 bits per heavy atom. The topological polar surface area (TPSA) is 46.2 Å². The summed E-state index contributed by atoms with van der Waals surface area (Å²) in [5.74, 6) is 1.11. The first kappa shape index (κ1) is 12.6. The lowest BCUT2D eigenvalue weighted by molar-refractivity contribution is -0.0351. The Morgan fingerprint density at radius 2 is 1.76 bits per heavy atom. The first-order valence-electron chi connectivity index (χ1n) is 6.65. The zero-order valence-corrected chi connectivity index (χ0v) is 10.6. The minimum atomic E-state index is -0.832. The van der Waals surface area contributed by atoms with Crippen molar-refractivity contribution in [3.05, 3.63) is 35.9 Å². The van der Waals surface area contributed by atoms with Crippen molar-refractivity contribution < 1.29 is 5.11 Å². The summed E-state index contributed by atoms with van der Waals surface area (Å²) in [4.78, 5) is 0. The predicted molar refractivity (Wildman–Crippen MR) is 70.5 cm³/mol. The third-order valence-corrected chi connectivity index (χ3v) is 4.28. The molecule has 0 aliphatic heterocycles. The van der Waals surface area contributed by atoms with Crippen LogP contribution in [0.5, 0.6) is 0 Å². The fraction of sp³-hybridized carbons (Fsp3) is 0.600. The molecule has 0 radical (unpaired) electrons. The van der Waals surface area contributed by atoms with E-state index in [9.17, 15) is 5.11 Å². The van der Waals surface area contributed by atoms with Crippen LogP contribution >= 0.6 is 0 Å². The van der Waals surface area contributed by atoms with Gasteiger partial charge in [-0.3, -0.25) is 0 Å². The Kier molecular flexibility index (Phi) is 3.85. The Morgan fingerprint density at radius 1 is 1.18 bits per heavy atom. The zero-order valence-electron chi connectivity index (χ0n) is 10.6. The van der Waals surface area contributed by atoms with Gasteiger partial charge in [-0.05, 0) is 30.2 Å². The van der Waals surface area contributed by atoms with E-state index in [1.807, 2.05) is 30.3 Å². The molecule has 1 atom stereocenters. The highest BCUT2D eigenvalue weighted by molar-refractivity contribution is 5.24. The molecule has 17 heavy (non-hydrogen) atoms. The van der Waals surface area contributed by atoms with Crippen LogP contribution in [-0.4, -0.2) is 11.7 Å². The van der Waals surface area contributed by atoms with Gasteiger partial charge in [0.2, 0.25) is 0 Å². The second kappa shape index (κ2) is 5.19. The smallest absolute Gasteiger partial charge is 0.105 e. The van der Waals surface area contributed by atoms with Crippen molar-refractivity contribution in [1.82, 2.24) is 0 Å². The van der Waals surface area contributed by atoms with E-state index in [-0.39, 0.29) is 0 Å². The normalized spacial score (nSPS) is 28.6. The number of nitrogens with two attached hydrogens (primary N) is 1. The van der Waals surface area contributed by atoms with Crippen LogP contribution in [0.25, 0.3) is 0 Å². The summed E-state index contributed by atoms with van der Waals surface area (Å²) >= 11 is 0. The molecule has 2 nitrogen and oxygen atoms in total. The molecule has 0 saturated heterocycles. The summed E-state index contributed by atoms with van der Waals surface area (Å²) in [6.07, 6.45) is 4.59. The quantitative estimate of drug-likeness (QED) is 0.843. The van der Waals surface area contributed by atoms with Crippen LogP contribution in [0.3, 0.4) is 0 Å². The van der Waals surface area contributed by atoms with E-state index in [1.165, 1.54) is 12.8 Å². The van der Waals surface area contributed by atoms with Crippen LogP contribution < -0.4 is 5.73 Å². The molecule has 0 bridgehead atoms. The predicted octanol–water partition coefficient (Wildman–Crippen LogP) is 2.66. The van der Waals surface area contributed by atoms with E-state index in [0.29, 0.717) is 12.5 Å². The molecule has 1 aromatic carbocycles. The van der Waals surface area contributed by atoms with Crippen LogP contribution in [0.15, 0.2) is 30.3 Å². The number of rotatable bonds is 3. The van der Waals surface area contributed by atoms with Gasteiger partial charge < -0.3 is 10.8 Å². The Bertz CT molecular complexity index is 343. The van der Waals surface area contributed by atoms with Crippen molar-refractivity contribution in [2.45, 2.75) is 38.2 Å². The summed E-state index contributed by atoms with van der Waals surface area (Å²) in [5.41, 5.74) is 6.00. The van der Waals surface area contributed by atoms with E-state index in [0.717, 1.165) is 24.3 Å². The standard InChI is InChI=1S/C15H23NO/c1-12-7-9-14(10-8-12)15(17,11-16)13-5-3-2-4-6-13/h2-6,12,14,17H,7-11,16H2,1H3. The highest BCUT2D eigenvalue weighted by atomic mass is 16.3. The molecule has 1 saturated carbocycles. The largest absolute Gasteiger partial charge is 0.384 e. The molecule has 1 fully saturated rings. The SMILES string of the molecule is CC1CCC(C(O)(CN)c2ccccc2)CC1. The molecule has 1 aliphatic rings. The van der Waals surface area contributed by atoms with Gasteiger partial charge in [-0.1, -0.05) is 50.1 Å². The highest BCUT2D eigenvalue weighted by Gasteiger charge is 2.38. The van der Waals surface area contributed by atoms with Gasteiger partial charge in [-0.15, -0.1) is 0 Å². The summed E-state index contributed by atoms with van der Waals surface area (Å²) < 4.78 is 0. The van der Waals surface area contributed by atoms with Crippen molar-refractivity contribution in [3.63, 3.8) is 0 Å². The number of benzene rings is 1. The van der Waals surface area contributed by atoms with Crippen molar-refractivity contribution in [2.75, 3.05) is 6.54 Å². The highest BCUT2D eigenvalue weighted by Crippen LogP contribution is 2.40. The number of hydrogen-bond donors (Lipinski definition) is 2. The van der Waals surface area contributed by atoms with Crippen molar-refractivity contribution in [2.24, 2.45) is 17.6 Å². The monoisotopic (exact) mass is 233 g/mol. The zero-order chi connectivity index (χ0) is 12.3. The summed E-state index contributed by atoms with van der Waals surface area (Å²) in [6, 6.07) is 9.90. The van der Waals surface area contributed by atoms with Gasteiger partial charge in [0.25, 0.3) is 0 Å². The van der Waals surface area contributed by atoms with Crippen LogP contribution in [0.2, 0.25) is 0 Å². The van der Waals surface area contributed by atoms with Crippen LogP contribution in [0, 0.1) is 11.8 Å². The molecule has 0 spiro atoms. The number of aliphatic hydroxyl groups is 1. The third kappa shape index (κ3) is 2.53. The molecule has 0 aromatic heterocycles. The van der Waals surface area contributed by atoms with E-state index < -0.39 is 5.60 Å². The van der Waals surface area contributed by atoms with E-state index in [4.69, 9.17) is 5.73 Å². The second-order valence-electron chi connectivity index (χ2n) is 5.45. The van der Waals surface area contributed by atoms with Gasteiger partial charge in [-0.25, -0.2) is 0 Å². The average Bonchev–Trinajstić information content (AvgIpc) is 2.40. The van der Waals surface area contributed by atoms with Gasteiger partial charge in [-0.2, -0.15) is 0 Å². The maximum atomic E-state index is 10.9. The summed E-state index contributed by atoms with van der Waals surface area (Å²) in [7, 11) is 0. The molecule has 0 heterocycles. The van der Waals surface area contributed by atoms with Gasteiger partial charge >= 0.3 is 0 Å². The van der Waals surface area contributed by atoms with Gasteiger partial charge in [0, 0.05) is 6.54 Å². The fourth-order valence-electron chi connectivity index (χ4n) is 2.98. The molecule has 2 rings (SSSR count). The van der Waals surface area contributed by atoms with Crippen molar-refractivity contribution in [1.29, 1.82) is 0 Å². The van der Waals surface area contributed by atoms with Crippen LogP contribution in [0.4, 0.5) is 0 Å². The minimum Gasteiger partial charge on any atom is -0.384 e. The van der Waals surface area contributed by atoms with Gasteiger partial charge in [0.15, 0.2) is 0 Å². The number of hydrogen-bond acceptors (Lipinski definition) is 2. The Balaban J connectivity index is 2.19. The maximum Gasteiger partial charge on any atom is 0.105 e. The lowest BCUT2D eigenvalue weighted by Crippen LogP contribution is -2.43. The second-order valence-corrected chi connectivity index (χ2v) is 5.45. The molecule has 94 valence electrons. The lowest BCUT2D eigenvalue weighted by atomic mass is 9.71. The Labute approximate surface area is 104 Å².